The second-order valence-electron chi connectivity index (χ2n) is 3.95. The Morgan fingerprint density at radius 1 is 1.47 bits per heavy atom. The Labute approximate surface area is 87.7 Å². The van der Waals surface area contributed by atoms with Gasteiger partial charge in [0, 0.05) is 13.1 Å². The first-order chi connectivity index (χ1) is 7.09. The lowest BCUT2D eigenvalue weighted by Gasteiger charge is -2.03. The Morgan fingerprint density at radius 3 is 2.80 bits per heavy atom. The minimum Gasteiger partial charge on any atom is -0.293 e. The molecule has 4 heteroatoms. The highest BCUT2D eigenvalue weighted by atomic mass is 16.1. The van der Waals surface area contributed by atoms with Crippen LogP contribution in [0.3, 0.4) is 0 Å². The number of nitrogens with zero attached hydrogens (tertiary/aromatic N) is 2. The Bertz CT molecular complexity index is 514. The Morgan fingerprint density at radius 2 is 2.20 bits per heavy atom. The number of ketones is 1. The number of pyridine rings is 1. The number of carbonyl (C=O) groups excluding carboxylic acids is 1. The minimum absolute atomic E-state index is 0.0380. The predicted molar refractivity (Wildman–Crippen MR) is 58.0 cm³/mol. The molecule has 4 nitrogen and oxygen atoms in total. The van der Waals surface area contributed by atoms with Gasteiger partial charge in [0.05, 0.1) is 5.39 Å². The van der Waals surface area contributed by atoms with E-state index in [9.17, 15) is 4.79 Å². The van der Waals surface area contributed by atoms with E-state index in [-0.39, 0.29) is 5.78 Å². The van der Waals surface area contributed by atoms with Gasteiger partial charge >= 0.3 is 0 Å². The zero-order chi connectivity index (χ0) is 11.0. The first-order valence-electron chi connectivity index (χ1n) is 4.94. The van der Waals surface area contributed by atoms with E-state index in [2.05, 4.69) is 29.0 Å². The maximum Gasteiger partial charge on any atom is 0.180 e. The summed E-state index contributed by atoms with van der Waals surface area (Å²) in [6.07, 6.45) is 1.81. The average molecular weight is 203 g/mol. The number of hydrogen-bond acceptors (Lipinski definition) is 3. The van der Waals surface area contributed by atoms with Crippen molar-refractivity contribution in [2.75, 3.05) is 0 Å². The number of aromatic nitrogens is 3. The van der Waals surface area contributed by atoms with Crippen molar-refractivity contribution in [3.63, 3.8) is 0 Å². The monoisotopic (exact) mass is 203 g/mol. The van der Waals surface area contributed by atoms with Gasteiger partial charge < -0.3 is 0 Å². The van der Waals surface area contributed by atoms with Crippen LogP contribution in [0, 0.1) is 0 Å². The van der Waals surface area contributed by atoms with Crippen molar-refractivity contribution >= 4 is 16.8 Å². The molecule has 0 aliphatic rings. The smallest absolute Gasteiger partial charge is 0.180 e. The molecule has 0 spiro atoms. The summed E-state index contributed by atoms with van der Waals surface area (Å²) in [4.78, 5) is 15.5. The number of Topliss-reactive ketones (excluding diaryl/α,β-unsaturated/α-hetero) is 1. The molecule has 2 heterocycles. The largest absolute Gasteiger partial charge is 0.293 e. The number of hydrogen-bond donors (Lipinski definition) is 1. The van der Waals surface area contributed by atoms with Crippen LogP contribution < -0.4 is 0 Å². The van der Waals surface area contributed by atoms with E-state index < -0.39 is 0 Å². The topological polar surface area (TPSA) is 58.6 Å². The number of nitrogens with one attached hydrogen (secondary N) is 1. The molecular weight excluding hydrogens is 190 g/mol. The molecular formula is C11H13N3O. The molecule has 0 saturated heterocycles. The molecule has 0 fully saturated rings. The van der Waals surface area contributed by atoms with Crippen molar-refractivity contribution in [1.82, 2.24) is 15.2 Å². The highest BCUT2D eigenvalue weighted by Crippen LogP contribution is 2.20. The third kappa shape index (κ3) is 1.63. The number of aromatic amines is 1. The van der Waals surface area contributed by atoms with E-state index >= 15 is 0 Å². The average Bonchev–Trinajstić information content (AvgIpc) is 2.59. The van der Waals surface area contributed by atoms with Crippen LogP contribution in [0.2, 0.25) is 0 Å². The Kier molecular flexibility index (Phi) is 2.26. The van der Waals surface area contributed by atoms with Gasteiger partial charge in [-0.05, 0) is 17.5 Å². The minimum atomic E-state index is -0.0380. The van der Waals surface area contributed by atoms with E-state index in [1.165, 1.54) is 6.92 Å². The summed E-state index contributed by atoms with van der Waals surface area (Å²) in [5, 5.41) is 7.53. The predicted octanol–water partition coefficient (Wildman–Crippen LogP) is 2.28. The van der Waals surface area contributed by atoms with Crippen molar-refractivity contribution in [2.24, 2.45) is 0 Å². The van der Waals surface area contributed by atoms with Gasteiger partial charge in [0.1, 0.15) is 5.69 Å². The molecule has 0 aliphatic carbocycles. The molecule has 0 unspecified atom stereocenters. The van der Waals surface area contributed by atoms with Crippen LogP contribution in [0.25, 0.3) is 11.0 Å². The van der Waals surface area contributed by atoms with Crippen molar-refractivity contribution < 1.29 is 4.79 Å². The van der Waals surface area contributed by atoms with E-state index in [0.717, 1.165) is 10.9 Å². The van der Waals surface area contributed by atoms with Gasteiger partial charge in [-0.3, -0.25) is 9.89 Å². The van der Waals surface area contributed by atoms with Crippen molar-refractivity contribution in [2.45, 2.75) is 26.7 Å². The normalized spacial score (nSPS) is 11.2. The molecule has 2 rings (SSSR count). The lowest BCUT2D eigenvalue weighted by molar-refractivity contribution is 0.101. The summed E-state index contributed by atoms with van der Waals surface area (Å²) in [7, 11) is 0. The summed E-state index contributed by atoms with van der Waals surface area (Å²) in [6, 6.07) is 1.98. The van der Waals surface area contributed by atoms with E-state index in [1.54, 1.807) is 0 Å². The van der Waals surface area contributed by atoms with E-state index in [1.807, 2.05) is 12.3 Å². The van der Waals surface area contributed by atoms with Gasteiger partial charge in [0.15, 0.2) is 11.4 Å². The standard InChI is InChI=1S/C11H13N3O/c1-6(2)8-4-9-10(7(3)15)13-14-11(9)12-5-8/h4-6H,1-3H3,(H,12,13,14). The van der Waals surface area contributed by atoms with Crippen LogP contribution in [0.15, 0.2) is 12.3 Å². The van der Waals surface area contributed by atoms with E-state index in [0.29, 0.717) is 17.3 Å². The number of rotatable bonds is 2. The second-order valence-corrected chi connectivity index (χ2v) is 3.95. The number of fused-ring (bicyclic) bond motifs is 1. The first-order valence-corrected chi connectivity index (χ1v) is 4.94. The lowest BCUT2D eigenvalue weighted by Crippen LogP contribution is -1.94. The molecule has 0 aromatic carbocycles. The fraction of sp³-hybridized carbons (Fsp3) is 0.364. The third-order valence-electron chi connectivity index (χ3n) is 2.44. The first kappa shape index (κ1) is 9.83. The van der Waals surface area contributed by atoms with Crippen molar-refractivity contribution in [1.29, 1.82) is 0 Å². The molecule has 78 valence electrons. The second kappa shape index (κ2) is 3.46. The van der Waals surface area contributed by atoms with Gasteiger partial charge in [0.2, 0.25) is 0 Å². The Balaban J connectivity index is 2.66. The van der Waals surface area contributed by atoms with Gasteiger partial charge in [-0.1, -0.05) is 13.8 Å². The van der Waals surface area contributed by atoms with Crippen LogP contribution in [0.1, 0.15) is 42.7 Å². The maximum absolute atomic E-state index is 11.3. The summed E-state index contributed by atoms with van der Waals surface area (Å²) in [5.74, 6) is 0.362. The fourth-order valence-electron chi connectivity index (χ4n) is 1.50. The molecule has 0 bridgehead atoms. The quantitative estimate of drug-likeness (QED) is 0.762. The van der Waals surface area contributed by atoms with Crippen LogP contribution in [-0.2, 0) is 0 Å². The van der Waals surface area contributed by atoms with Crippen molar-refractivity contribution in [3.8, 4) is 0 Å². The molecule has 0 amide bonds. The maximum atomic E-state index is 11.3. The SMILES string of the molecule is CC(=O)c1n[nH]c2ncc(C(C)C)cc12. The van der Waals surface area contributed by atoms with Crippen LogP contribution in [0.4, 0.5) is 0 Å². The van der Waals surface area contributed by atoms with Crippen LogP contribution >= 0.6 is 0 Å². The number of H-pyrrole nitrogens is 1. The summed E-state index contributed by atoms with van der Waals surface area (Å²) < 4.78 is 0. The molecule has 0 saturated carbocycles. The fourth-order valence-corrected chi connectivity index (χ4v) is 1.50. The molecule has 0 atom stereocenters. The van der Waals surface area contributed by atoms with Gasteiger partial charge in [0.25, 0.3) is 0 Å². The molecule has 15 heavy (non-hydrogen) atoms. The van der Waals surface area contributed by atoms with E-state index in [4.69, 9.17) is 0 Å². The molecule has 0 aliphatic heterocycles. The van der Waals surface area contributed by atoms with Gasteiger partial charge in [-0.15, -0.1) is 0 Å². The molecule has 1 N–H and O–H groups in total. The molecule has 0 radical (unpaired) electrons. The summed E-state index contributed by atoms with van der Waals surface area (Å²) >= 11 is 0. The lowest BCUT2D eigenvalue weighted by atomic mass is 10.0. The zero-order valence-electron chi connectivity index (χ0n) is 9.03. The summed E-state index contributed by atoms with van der Waals surface area (Å²) in [5.41, 5.74) is 2.26. The third-order valence-corrected chi connectivity index (χ3v) is 2.44. The van der Waals surface area contributed by atoms with Crippen LogP contribution in [0.5, 0.6) is 0 Å². The van der Waals surface area contributed by atoms with Crippen molar-refractivity contribution in [3.05, 3.63) is 23.5 Å². The highest BCUT2D eigenvalue weighted by Gasteiger charge is 2.12. The van der Waals surface area contributed by atoms with Gasteiger partial charge in [-0.2, -0.15) is 5.10 Å². The van der Waals surface area contributed by atoms with Gasteiger partial charge in [-0.25, -0.2) is 4.98 Å². The van der Waals surface area contributed by atoms with Crippen LogP contribution in [-0.4, -0.2) is 21.0 Å². The molecule has 2 aromatic heterocycles. The molecule has 2 aromatic rings. The number of carbonyl (C=O) groups is 1. The highest BCUT2D eigenvalue weighted by molar-refractivity contribution is 6.03. The zero-order valence-corrected chi connectivity index (χ0v) is 9.03. The summed E-state index contributed by atoms with van der Waals surface area (Å²) in [6.45, 7) is 5.70. The Hall–Kier alpha value is -1.71.